The molecule has 0 bridgehead atoms. The molecule has 2 N–H and O–H groups in total. The van der Waals surface area contributed by atoms with Crippen LogP contribution in [0.25, 0.3) is 0 Å². The van der Waals surface area contributed by atoms with Crippen LogP contribution in [-0.2, 0) is 12.6 Å². The molecule has 112 valence electrons. The molecule has 0 radical (unpaired) electrons. The Morgan fingerprint density at radius 1 is 1.14 bits per heavy atom. The van der Waals surface area contributed by atoms with Crippen LogP contribution in [0.4, 0.5) is 19.1 Å². The van der Waals surface area contributed by atoms with Crippen molar-refractivity contribution in [3.8, 4) is 5.88 Å². The molecule has 0 aliphatic heterocycles. The fourth-order valence-electron chi connectivity index (χ4n) is 1.66. The molecular formula is C13H13F3N4O. The maximum absolute atomic E-state index is 12.6. The third-order valence-electron chi connectivity index (χ3n) is 2.62. The van der Waals surface area contributed by atoms with Gasteiger partial charge in [0.1, 0.15) is 0 Å². The number of hydrogen-bond donors (Lipinski definition) is 1. The van der Waals surface area contributed by atoms with Gasteiger partial charge in [-0.2, -0.15) is 18.2 Å². The third-order valence-corrected chi connectivity index (χ3v) is 2.62. The lowest BCUT2D eigenvalue weighted by atomic mass is 10.1. The molecule has 0 aromatic carbocycles. The van der Waals surface area contributed by atoms with E-state index in [0.717, 1.165) is 18.1 Å². The molecule has 0 atom stereocenters. The molecule has 0 saturated heterocycles. The summed E-state index contributed by atoms with van der Waals surface area (Å²) in [6.45, 7) is 0.232. The Morgan fingerprint density at radius 3 is 2.52 bits per heavy atom. The number of aryl methyl sites for hydroxylation is 1. The first-order valence-corrected chi connectivity index (χ1v) is 6.18. The van der Waals surface area contributed by atoms with Gasteiger partial charge < -0.3 is 10.5 Å². The lowest BCUT2D eigenvalue weighted by Gasteiger charge is -2.09. The van der Waals surface area contributed by atoms with Gasteiger partial charge in [0.25, 0.3) is 0 Å². The first-order chi connectivity index (χ1) is 9.95. The molecule has 2 rings (SSSR count). The van der Waals surface area contributed by atoms with Gasteiger partial charge in [0.05, 0.1) is 6.61 Å². The van der Waals surface area contributed by atoms with E-state index in [0.29, 0.717) is 6.42 Å². The summed E-state index contributed by atoms with van der Waals surface area (Å²) in [5, 5.41) is 0. The molecule has 0 unspecified atom stereocenters. The Balaban J connectivity index is 1.90. The van der Waals surface area contributed by atoms with Gasteiger partial charge in [-0.15, -0.1) is 0 Å². The minimum Gasteiger partial charge on any atom is -0.478 e. The van der Waals surface area contributed by atoms with E-state index in [1.54, 1.807) is 12.4 Å². The summed E-state index contributed by atoms with van der Waals surface area (Å²) in [6, 6.07) is 4.47. The monoisotopic (exact) mass is 298 g/mol. The van der Waals surface area contributed by atoms with Crippen molar-refractivity contribution >= 4 is 5.95 Å². The topological polar surface area (TPSA) is 73.9 Å². The molecule has 8 heteroatoms. The molecule has 0 aliphatic carbocycles. The second kappa shape index (κ2) is 6.38. The molecule has 0 saturated carbocycles. The zero-order valence-electron chi connectivity index (χ0n) is 11.0. The van der Waals surface area contributed by atoms with E-state index in [9.17, 15) is 13.2 Å². The molecule has 0 amide bonds. The molecule has 0 aliphatic rings. The number of nitrogens with two attached hydrogens (primary N) is 1. The predicted molar refractivity (Wildman–Crippen MR) is 69.5 cm³/mol. The Hall–Kier alpha value is -2.38. The summed E-state index contributed by atoms with van der Waals surface area (Å²) in [4.78, 5) is 10.7. The van der Waals surface area contributed by atoms with Gasteiger partial charge >= 0.3 is 6.18 Å². The van der Waals surface area contributed by atoms with Crippen LogP contribution in [0.3, 0.4) is 0 Å². The van der Waals surface area contributed by atoms with E-state index in [1.807, 2.05) is 12.1 Å². The number of ether oxygens (including phenoxy) is 1. The van der Waals surface area contributed by atoms with Crippen molar-refractivity contribution in [2.24, 2.45) is 0 Å². The fourth-order valence-corrected chi connectivity index (χ4v) is 1.66. The van der Waals surface area contributed by atoms with E-state index in [4.69, 9.17) is 10.5 Å². The van der Waals surface area contributed by atoms with Crippen LogP contribution in [0, 0.1) is 0 Å². The van der Waals surface area contributed by atoms with Crippen molar-refractivity contribution in [2.75, 3.05) is 12.3 Å². The second-order valence-electron chi connectivity index (χ2n) is 4.25. The highest BCUT2D eigenvalue weighted by Crippen LogP contribution is 2.29. The van der Waals surface area contributed by atoms with Gasteiger partial charge in [-0.3, -0.25) is 4.98 Å². The molecule has 5 nitrogen and oxygen atoms in total. The standard InChI is InChI=1S/C13H13F3N4O/c14-13(15,16)10-8-11(20-12(17)19-10)21-7-1-2-9-3-5-18-6-4-9/h3-6,8H,1-2,7H2,(H2,17,19,20). The van der Waals surface area contributed by atoms with Crippen molar-refractivity contribution in [3.05, 3.63) is 41.9 Å². The second-order valence-corrected chi connectivity index (χ2v) is 4.25. The summed E-state index contributed by atoms with van der Waals surface area (Å²) in [5.41, 5.74) is 5.21. The number of anilines is 1. The normalized spacial score (nSPS) is 11.4. The quantitative estimate of drug-likeness (QED) is 0.858. The average molecular weight is 298 g/mol. The Morgan fingerprint density at radius 2 is 1.86 bits per heavy atom. The van der Waals surface area contributed by atoms with Crippen LogP contribution in [-0.4, -0.2) is 21.6 Å². The van der Waals surface area contributed by atoms with E-state index in [1.165, 1.54) is 0 Å². The van der Waals surface area contributed by atoms with E-state index in [2.05, 4.69) is 15.0 Å². The molecular weight excluding hydrogens is 285 g/mol. The number of alkyl halides is 3. The largest absolute Gasteiger partial charge is 0.478 e. The first kappa shape index (κ1) is 15.0. The van der Waals surface area contributed by atoms with Gasteiger partial charge in [-0.1, -0.05) is 0 Å². The van der Waals surface area contributed by atoms with Gasteiger partial charge in [0, 0.05) is 18.5 Å². The number of halogens is 3. The Labute approximate surface area is 119 Å². The molecule has 2 aromatic rings. The first-order valence-electron chi connectivity index (χ1n) is 6.18. The maximum atomic E-state index is 12.6. The van der Waals surface area contributed by atoms with Gasteiger partial charge in [0.15, 0.2) is 5.69 Å². The van der Waals surface area contributed by atoms with Crippen molar-refractivity contribution < 1.29 is 17.9 Å². The highest BCUT2D eigenvalue weighted by atomic mass is 19.4. The minimum absolute atomic E-state index is 0.176. The number of nitrogen functional groups attached to an aromatic ring is 1. The summed E-state index contributed by atoms with van der Waals surface area (Å²) >= 11 is 0. The van der Waals surface area contributed by atoms with E-state index in [-0.39, 0.29) is 12.5 Å². The highest BCUT2D eigenvalue weighted by molar-refractivity contribution is 5.27. The number of hydrogen-bond acceptors (Lipinski definition) is 5. The van der Waals surface area contributed by atoms with Gasteiger partial charge in [-0.25, -0.2) is 4.98 Å². The summed E-state index contributed by atoms with van der Waals surface area (Å²) in [5.74, 6) is -0.640. The zero-order valence-corrected chi connectivity index (χ0v) is 11.0. The maximum Gasteiger partial charge on any atom is 0.433 e. The van der Waals surface area contributed by atoms with Crippen molar-refractivity contribution in [2.45, 2.75) is 19.0 Å². The smallest absolute Gasteiger partial charge is 0.433 e. The number of aromatic nitrogens is 3. The highest BCUT2D eigenvalue weighted by Gasteiger charge is 2.33. The minimum atomic E-state index is -4.58. The summed E-state index contributed by atoms with van der Waals surface area (Å²) in [6.07, 6.45) is 0.143. The Kier molecular flexibility index (Phi) is 4.56. The molecule has 2 aromatic heterocycles. The molecule has 2 heterocycles. The van der Waals surface area contributed by atoms with Crippen molar-refractivity contribution in [1.29, 1.82) is 0 Å². The lowest BCUT2D eigenvalue weighted by Crippen LogP contribution is -2.12. The molecule has 0 fully saturated rings. The molecule has 21 heavy (non-hydrogen) atoms. The Bertz CT molecular complexity index is 590. The lowest BCUT2D eigenvalue weighted by molar-refractivity contribution is -0.141. The SMILES string of the molecule is Nc1nc(OCCCc2ccncc2)cc(C(F)(F)F)n1. The van der Waals surface area contributed by atoms with Crippen LogP contribution in [0.1, 0.15) is 17.7 Å². The molecule has 0 spiro atoms. The number of nitrogens with zero attached hydrogens (tertiary/aromatic N) is 3. The average Bonchev–Trinajstić information content (AvgIpc) is 2.43. The van der Waals surface area contributed by atoms with E-state index < -0.39 is 17.8 Å². The van der Waals surface area contributed by atoms with Crippen LogP contribution >= 0.6 is 0 Å². The number of pyridine rings is 1. The zero-order chi connectivity index (χ0) is 15.3. The summed E-state index contributed by atoms with van der Waals surface area (Å²) in [7, 11) is 0. The fraction of sp³-hybridized carbons (Fsp3) is 0.308. The van der Waals surface area contributed by atoms with Crippen LogP contribution < -0.4 is 10.5 Å². The van der Waals surface area contributed by atoms with Crippen LogP contribution in [0.15, 0.2) is 30.6 Å². The predicted octanol–water partition coefficient (Wildman–Crippen LogP) is 2.48. The third kappa shape index (κ3) is 4.59. The van der Waals surface area contributed by atoms with E-state index >= 15 is 0 Å². The summed E-state index contributed by atoms with van der Waals surface area (Å²) < 4.78 is 42.8. The van der Waals surface area contributed by atoms with Gasteiger partial charge in [-0.05, 0) is 30.5 Å². The van der Waals surface area contributed by atoms with Crippen LogP contribution in [0.2, 0.25) is 0 Å². The van der Waals surface area contributed by atoms with Crippen molar-refractivity contribution in [3.63, 3.8) is 0 Å². The van der Waals surface area contributed by atoms with Crippen LogP contribution in [0.5, 0.6) is 5.88 Å². The van der Waals surface area contributed by atoms with Gasteiger partial charge in [0.2, 0.25) is 11.8 Å². The van der Waals surface area contributed by atoms with Crippen molar-refractivity contribution in [1.82, 2.24) is 15.0 Å². The number of rotatable bonds is 5.